The summed E-state index contributed by atoms with van der Waals surface area (Å²) in [6.07, 6.45) is 1.63. The molecule has 0 bridgehead atoms. The summed E-state index contributed by atoms with van der Waals surface area (Å²) in [5.74, 6) is -0.842. The van der Waals surface area contributed by atoms with Crippen molar-refractivity contribution in [2.45, 2.75) is 31.7 Å². The number of hydroxylamine groups is 2. The third-order valence-corrected chi connectivity index (χ3v) is 3.87. The molecule has 1 unspecified atom stereocenters. The summed E-state index contributed by atoms with van der Waals surface area (Å²) in [5.41, 5.74) is -0.522. The summed E-state index contributed by atoms with van der Waals surface area (Å²) in [7, 11) is 1.37. The molecule has 2 saturated heterocycles. The van der Waals surface area contributed by atoms with Crippen LogP contribution in [0.2, 0.25) is 0 Å². The second kappa shape index (κ2) is 5.24. The number of nitrogens with one attached hydrogen (secondary N) is 1. The zero-order chi connectivity index (χ0) is 13.2. The number of amides is 1. The second-order valence-corrected chi connectivity index (χ2v) is 4.74. The van der Waals surface area contributed by atoms with Crippen LogP contribution in [0.1, 0.15) is 26.2 Å². The highest BCUT2D eigenvalue weighted by Crippen LogP contribution is 2.43. The maximum Gasteiger partial charge on any atom is 0.311 e. The van der Waals surface area contributed by atoms with Crippen LogP contribution in [0, 0.1) is 5.92 Å². The molecule has 0 aromatic carbocycles. The van der Waals surface area contributed by atoms with E-state index in [1.165, 1.54) is 12.2 Å². The van der Waals surface area contributed by atoms with Gasteiger partial charge in [0.2, 0.25) is 5.91 Å². The van der Waals surface area contributed by atoms with Gasteiger partial charge in [0.1, 0.15) is 0 Å². The first-order valence-corrected chi connectivity index (χ1v) is 6.40. The lowest BCUT2D eigenvalue weighted by molar-refractivity contribution is -0.217. The second-order valence-electron chi connectivity index (χ2n) is 4.74. The van der Waals surface area contributed by atoms with Gasteiger partial charge >= 0.3 is 5.97 Å². The van der Waals surface area contributed by atoms with Gasteiger partial charge in [0.05, 0.1) is 25.2 Å². The fourth-order valence-electron chi connectivity index (χ4n) is 3.02. The number of esters is 1. The number of ether oxygens (including phenoxy) is 1. The Balaban J connectivity index is 2.30. The third kappa shape index (κ3) is 1.99. The summed E-state index contributed by atoms with van der Waals surface area (Å²) in [4.78, 5) is 29.4. The van der Waals surface area contributed by atoms with Crippen LogP contribution in [0.5, 0.6) is 0 Å². The predicted molar refractivity (Wildman–Crippen MR) is 63.4 cm³/mol. The molecule has 0 aliphatic carbocycles. The Morgan fingerprint density at radius 3 is 2.72 bits per heavy atom. The number of rotatable bonds is 3. The van der Waals surface area contributed by atoms with Crippen LogP contribution in [0.15, 0.2) is 0 Å². The first-order valence-electron chi connectivity index (χ1n) is 6.40. The summed E-state index contributed by atoms with van der Waals surface area (Å²) >= 11 is 0. The van der Waals surface area contributed by atoms with Crippen molar-refractivity contribution in [2.75, 3.05) is 26.8 Å². The standard InChI is InChI=1S/C12H20N2O4/c1-3-18-14-10(15)8-9(11(16)17-2)12(14)4-6-13-7-5-12/h9,13H,3-8H2,1-2H3. The zero-order valence-electron chi connectivity index (χ0n) is 10.9. The van der Waals surface area contributed by atoms with Crippen molar-refractivity contribution in [3.05, 3.63) is 0 Å². The third-order valence-electron chi connectivity index (χ3n) is 3.87. The molecular formula is C12H20N2O4. The molecule has 102 valence electrons. The van der Waals surface area contributed by atoms with E-state index in [-0.39, 0.29) is 18.3 Å². The van der Waals surface area contributed by atoms with Gasteiger partial charge < -0.3 is 10.1 Å². The van der Waals surface area contributed by atoms with Crippen molar-refractivity contribution >= 4 is 11.9 Å². The highest BCUT2D eigenvalue weighted by atomic mass is 16.7. The average Bonchev–Trinajstić information content (AvgIpc) is 2.65. The van der Waals surface area contributed by atoms with Gasteiger partial charge in [0, 0.05) is 6.42 Å². The molecule has 0 aromatic rings. The average molecular weight is 256 g/mol. The summed E-state index contributed by atoms with van der Waals surface area (Å²) in [6.45, 7) is 3.83. The molecule has 6 nitrogen and oxygen atoms in total. The topological polar surface area (TPSA) is 67.9 Å². The Morgan fingerprint density at radius 1 is 1.50 bits per heavy atom. The zero-order valence-corrected chi connectivity index (χ0v) is 10.9. The maximum atomic E-state index is 12.0. The predicted octanol–water partition coefficient (Wildman–Crippen LogP) is 0.0816. The fourth-order valence-corrected chi connectivity index (χ4v) is 3.02. The number of hydrogen-bond donors (Lipinski definition) is 1. The largest absolute Gasteiger partial charge is 0.469 e. The van der Waals surface area contributed by atoms with Crippen LogP contribution in [0.3, 0.4) is 0 Å². The van der Waals surface area contributed by atoms with Gasteiger partial charge in [-0.15, -0.1) is 0 Å². The molecule has 1 spiro atoms. The Bertz CT molecular complexity index is 339. The van der Waals surface area contributed by atoms with E-state index in [2.05, 4.69) is 5.32 Å². The van der Waals surface area contributed by atoms with E-state index in [0.29, 0.717) is 6.61 Å². The lowest BCUT2D eigenvalue weighted by Gasteiger charge is -2.42. The van der Waals surface area contributed by atoms with E-state index < -0.39 is 11.5 Å². The van der Waals surface area contributed by atoms with Gasteiger partial charge in [-0.3, -0.25) is 14.4 Å². The van der Waals surface area contributed by atoms with Gasteiger partial charge in [0.15, 0.2) is 0 Å². The molecular weight excluding hydrogens is 236 g/mol. The molecule has 0 radical (unpaired) electrons. The van der Waals surface area contributed by atoms with E-state index in [9.17, 15) is 9.59 Å². The molecule has 0 saturated carbocycles. The van der Waals surface area contributed by atoms with Crippen LogP contribution in [-0.2, 0) is 19.2 Å². The SMILES string of the molecule is CCON1C(=O)CC(C(=O)OC)C12CCNCC2. The Hall–Kier alpha value is -1.14. The monoisotopic (exact) mass is 256 g/mol. The minimum Gasteiger partial charge on any atom is -0.469 e. The quantitative estimate of drug-likeness (QED) is 0.724. The molecule has 2 aliphatic heterocycles. The van der Waals surface area contributed by atoms with Gasteiger partial charge in [-0.1, -0.05) is 0 Å². The number of carbonyl (C=O) groups excluding carboxylic acids is 2. The van der Waals surface area contributed by atoms with Crippen molar-refractivity contribution in [1.29, 1.82) is 0 Å². The van der Waals surface area contributed by atoms with E-state index in [1.807, 2.05) is 6.92 Å². The van der Waals surface area contributed by atoms with Crippen LogP contribution >= 0.6 is 0 Å². The van der Waals surface area contributed by atoms with Crippen molar-refractivity contribution < 1.29 is 19.2 Å². The van der Waals surface area contributed by atoms with Crippen molar-refractivity contribution in [3.8, 4) is 0 Å². The molecule has 1 N–H and O–H groups in total. The van der Waals surface area contributed by atoms with Gasteiger partial charge in [0.25, 0.3) is 0 Å². The lowest BCUT2D eigenvalue weighted by Crippen LogP contribution is -2.56. The smallest absolute Gasteiger partial charge is 0.311 e. The van der Waals surface area contributed by atoms with E-state index in [0.717, 1.165) is 25.9 Å². The summed E-state index contributed by atoms with van der Waals surface area (Å²) in [5, 5.41) is 4.69. The fraction of sp³-hybridized carbons (Fsp3) is 0.833. The molecule has 0 aromatic heterocycles. The molecule has 2 fully saturated rings. The molecule has 2 heterocycles. The number of nitrogens with zero attached hydrogens (tertiary/aromatic N) is 1. The lowest BCUT2D eigenvalue weighted by atomic mass is 9.78. The maximum absolute atomic E-state index is 12.0. The Kier molecular flexibility index (Phi) is 3.87. The molecule has 6 heteroatoms. The first-order chi connectivity index (χ1) is 8.65. The number of hydrogen-bond acceptors (Lipinski definition) is 5. The van der Waals surface area contributed by atoms with Gasteiger partial charge in [-0.25, -0.2) is 5.06 Å². The molecule has 1 atom stereocenters. The minimum atomic E-state index is -0.522. The number of piperidine rings is 1. The Morgan fingerprint density at radius 2 is 2.17 bits per heavy atom. The van der Waals surface area contributed by atoms with E-state index in [1.54, 1.807) is 0 Å². The molecule has 18 heavy (non-hydrogen) atoms. The number of carbonyl (C=O) groups is 2. The number of methoxy groups -OCH3 is 1. The molecule has 2 aliphatic rings. The van der Waals surface area contributed by atoms with Crippen molar-refractivity contribution in [3.63, 3.8) is 0 Å². The van der Waals surface area contributed by atoms with Crippen LogP contribution in [0.25, 0.3) is 0 Å². The highest BCUT2D eigenvalue weighted by molar-refractivity contribution is 5.88. The van der Waals surface area contributed by atoms with Gasteiger partial charge in [-0.2, -0.15) is 0 Å². The summed E-state index contributed by atoms with van der Waals surface area (Å²) in [6, 6.07) is 0. The van der Waals surface area contributed by atoms with Crippen LogP contribution in [0.4, 0.5) is 0 Å². The minimum absolute atomic E-state index is 0.117. The molecule has 2 rings (SSSR count). The van der Waals surface area contributed by atoms with Gasteiger partial charge in [-0.05, 0) is 32.9 Å². The molecule has 1 amide bonds. The van der Waals surface area contributed by atoms with Crippen LogP contribution in [-0.4, -0.2) is 49.3 Å². The first kappa shape index (κ1) is 13.3. The van der Waals surface area contributed by atoms with E-state index in [4.69, 9.17) is 9.57 Å². The van der Waals surface area contributed by atoms with Crippen molar-refractivity contribution in [2.24, 2.45) is 5.92 Å². The van der Waals surface area contributed by atoms with Crippen molar-refractivity contribution in [1.82, 2.24) is 10.4 Å². The Labute approximate surface area is 107 Å². The van der Waals surface area contributed by atoms with E-state index >= 15 is 0 Å². The highest BCUT2D eigenvalue weighted by Gasteiger charge is 2.57. The van der Waals surface area contributed by atoms with Crippen LogP contribution < -0.4 is 5.32 Å². The summed E-state index contributed by atoms with van der Waals surface area (Å²) < 4.78 is 4.84. The normalized spacial score (nSPS) is 26.7.